The van der Waals surface area contributed by atoms with Crippen LogP contribution in [0.25, 0.3) is 0 Å². The largest absolute Gasteiger partial charge is 0.444 e. The van der Waals surface area contributed by atoms with Crippen LogP contribution in [0.4, 0.5) is 9.59 Å². The molecule has 0 aliphatic heterocycles. The van der Waals surface area contributed by atoms with Gasteiger partial charge in [0.05, 0.1) is 27.6 Å². The molecular weight excluding hydrogens is 597 g/mol. The third-order valence-corrected chi connectivity index (χ3v) is 9.00. The van der Waals surface area contributed by atoms with Gasteiger partial charge in [-0.25, -0.2) is 14.6 Å². The van der Waals surface area contributed by atoms with Crippen LogP contribution in [0.5, 0.6) is 0 Å². The van der Waals surface area contributed by atoms with Gasteiger partial charge in [-0.05, 0) is 37.2 Å². The maximum Gasteiger partial charge on any atom is 0.407 e. The number of nitrogens with zero attached hydrogens (tertiary/aromatic N) is 2. The summed E-state index contributed by atoms with van der Waals surface area (Å²) in [5.41, 5.74) is 3.60. The fourth-order valence-corrected chi connectivity index (χ4v) is 6.02. The maximum atomic E-state index is 13.4. The van der Waals surface area contributed by atoms with Crippen molar-refractivity contribution in [1.29, 1.82) is 0 Å². The lowest BCUT2D eigenvalue weighted by atomic mass is 9.96. The van der Waals surface area contributed by atoms with E-state index in [2.05, 4.69) is 52.0 Å². The molecule has 0 spiro atoms. The summed E-state index contributed by atoms with van der Waals surface area (Å²) in [6, 6.07) is 8.57. The number of hydrogen-bond donors (Lipinski definition) is 4. The van der Waals surface area contributed by atoms with E-state index in [4.69, 9.17) is 4.74 Å². The average Bonchev–Trinajstić information content (AvgIpc) is 3.70. The molecule has 3 rings (SSSR count). The SMILES string of the molecule is CCCC(CCC(Cc1ccccc1)NC(=O)OCc1cncs1)NC(=O)C(NC(=O)NCc1csc(C(C)C)n1)C(C)C. The van der Waals surface area contributed by atoms with E-state index < -0.39 is 18.2 Å². The van der Waals surface area contributed by atoms with Crippen LogP contribution in [0.3, 0.4) is 0 Å². The summed E-state index contributed by atoms with van der Waals surface area (Å²) < 4.78 is 5.43. The third kappa shape index (κ3) is 12.2. The van der Waals surface area contributed by atoms with Gasteiger partial charge in [-0.15, -0.1) is 22.7 Å². The Morgan fingerprint density at radius 1 is 0.932 bits per heavy atom. The number of amides is 4. The van der Waals surface area contributed by atoms with Gasteiger partial charge in [0.2, 0.25) is 5.91 Å². The Kier molecular flexibility index (Phi) is 14.6. The van der Waals surface area contributed by atoms with E-state index in [1.807, 2.05) is 49.6 Å². The Morgan fingerprint density at radius 2 is 1.68 bits per heavy atom. The average molecular weight is 643 g/mol. The van der Waals surface area contributed by atoms with Crippen molar-refractivity contribution in [3.8, 4) is 0 Å². The number of hydrogen-bond acceptors (Lipinski definition) is 8. The van der Waals surface area contributed by atoms with Crippen LogP contribution in [0.1, 0.15) is 87.4 Å². The lowest BCUT2D eigenvalue weighted by Gasteiger charge is -2.27. The van der Waals surface area contributed by atoms with Crippen LogP contribution in [0.2, 0.25) is 0 Å². The molecule has 1 aromatic carbocycles. The molecule has 4 amide bonds. The molecule has 2 aromatic heterocycles. The first-order valence-electron chi connectivity index (χ1n) is 15.3. The number of rotatable bonds is 17. The molecule has 0 fully saturated rings. The monoisotopic (exact) mass is 642 g/mol. The van der Waals surface area contributed by atoms with Gasteiger partial charge in [0, 0.05) is 29.6 Å². The molecule has 0 saturated heterocycles. The van der Waals surface area contributed by atoms with Crippen LogP contribution in [-0.2, 0) is 29.1 Å². The second kappa shape index (κ2) is 18.3. The number of carbonyl (C=O) groups excluding carboxylic acids is 3. The molecule has 44 heavy (non-hydrogen) atoms. The minimum atomic E-state index is -0.698. The van der Waals surface area contributed by atoms with E-state index in [1.165, 1.54) is 11.3 Å². The van der Waals surface area contributed by atoms with E-state index >= 15 is 0 Å². The second-order valence-electron chi connectivity index (χ2n) is 11.5. The predicted octanol–water partition coefficient (Wildman–Crippen LogP) is 6.15. The summed E-state index contributed by atoms with van der Waals surface area (Å²) in [7, 11) is 0. The normalized spacial score (nSPS) is 13.2. The fraction of sp³-hybridized carbons (Fsp3) is 0.531. The molecule has 0 aliphatic rings. The van der Waals surface area contributed by atoms with Gasteiger partial charge in [0.25, 0.3) is 0 Å². The van der Waals surface area contributed by atoms with Crippen molar-refractivity contribution >= 4 is 40.7 Å². The summed E-state index contributed by atoms with van der Waals surface area (Å²) in [4.78, 5) is 48.2. The number of carbonyl (C=O) groups is 3. The first-order valence-corrected chi connectivity index (χ1v) is 17.0. The summed E-state index contributed by atoms with van der Waals surface area (Å²) in [6.45, 7) is 10.5. The number of aromatic nitrogens is 2. The molecule has 0 saturated carbocycles. The molecule has 0 aliphatic carbocycles. The zero-order chi connectivity index (χ0) is 31.9. The lowest BCUT2D eigenvalue weighted by Crippen LogP contribution is -2.54. The number of urea groups is 1. The molecule has 4 N–H and O–H groups in total. The van der Waals surface area contributed by atoms with Crippen molar-refractivity contribution in [1.82, 2.24) is 31.2 Å². The van der Waals surface area contributed by atoms with Crippen molar-refractivity contribution in [2.45, 2.75) is 104 Å². The van der Waals surface area contributed by atoms with E-state index in [1.54, 1.807) is 23.0 Å². The Hall–Kier alpha value is -3.51. The molecule has 12 heteroatoms. The smallest absolute Gasteiger partial charge is 0.407 e. The zero-order valence-corrected chi connectivity index (χ0v) is 27.9. The minimum absolute atomic E-state index is 0.114. The number of nitrogens with one attached hydrogen (secondary N) is 4. The van der Waals surface area contributed by atoms with Crippen LogP contribution >= 0.6 is 22.7 Å². The van der Waals surface area contributed by atoms with Gasteiger partial charge in [-0.1, -0.05) is 71.4 Å². The molecule has 3 aromatic rings. The molecule has 2 heterocycles. The van der Waals surface area contributed by atoms with E-state index in [9.17, 15) is 14.4 Å². The quantitative estimate of drug-likeness (QED) is 0.140. The molecule has 3 unspecified atom stereocenters. The zero-order valence-electron chi connectivity index (χ0n) is 26.3. The van der Waals surface area contributed by atoms with Crippen LogP contribution in [0, 0.1) is 5.92 Å². The predicted molar refractivity (Wildman–Crippen MR) is 176 cm³/mol. The van der Waals surface area contributed by atoms with Crippen molar-refractivity contribution in [3.63, 3.8) is 0 Å². The first kappa shape index (κ1) is 35.0. The van der Waals surface area contributed by atoms with Gasteiger partial charge in [-0.2, -0.15) is 0 Å². The summed E-state index contributed by atoms with van der Waals surface area (Å²) in [5.74, 6) is -0.00315. The van der Waals surface area contributed by atoms with Crippen LogP contribution in [0.15, 0.2) is 47.4 Å². The van der Waals surface area contributed by atoms with Crippen molar-refractivity contribution in [2.75, 3.05) is 0 Å². The Labute approximate surface area is 268 Å². The van der Waals surface area contributed by atoms with Crippen molar-refractivity contribution in [3.05, 3.63) is 68.6 Å². The molecule has 10 nitrogen and oxygen atoms in total. The van der Waals surface area contributed by atoms with E-state index in [-0.39, 0.29) is 30.5 Å². The third-order valence-electron chi connectivity index (χ3n) is 7.05. The van der Waals surface area contributed by atoms with Gasteiger partial charge in [0.15, 0.2) is 0 Å². The number of benzene rings is 1. The fourth-order valence-electron chi connectivity index (χ4n) is 4.68. The lowest BCUT2D eigenvalue weighted by molar-refractivity contribution is -0.124. The number of thiazole rings is 2. The van der Waals surface area contributed by atoms with Gasteiger partial charge in [0.1, 0.15) is 12.6 Å². The number of ether oxygens (including phenoxy) is 1. The molecular formula is C32H46N6O4S2. The topological polar surface area (TPSA) is 134 Å². The van der Waals surface area contributed by atoms with Crippen LogP contribution in [-0.4, -0.2) is 46.1 Å². The standard InChI is InChI=1S/C32H46N6O4S2/c1-6-10-24(35-29(39)28(21(2)3)38-31(40)34-16-26-19-43-30(36-26)22(4)5)13-14-25(15-23-11-8-7-9-12-23)37-32(41)42-18-27-17-33-20-44-27/h7-9,11-12,17,19-22,24-25,28H,6,10,13-16,18H2,1-5H3,(H,35,39)(H,37,41)(H2,34,38,40). The Balaban J connectivity index is 1.56. The van der Waals surface area contributed by atoms with Gasteiger partial charge >= 0.3 is 12.1 Å². The molecule has 0 bridgehead atoms. The van der Waals surface area contributed by atoms with Crippen molar-refractivity contribution in [2.24, 2.45) is 5.92 Å². The second-order valence-corrected chi connectivity index (χ2v) is 13.4. The van der Waals surface area contributed by atoms with E-state index in [0.29, 0.717) is 31.7 Å². The van der Waals surface area contributed by atoms with E-state index in [0.717, 1.165) is 34.0 Å². The van der Waals surface area contributed by atoms with Crippen molar-refractivity contribution < 1.29 is 19.1 Å². The highest BCUT2D eigenvalue weighted by molar-refractivity contribution is 7.09. The molecule has 3 atom stereocenters. The Bertz CT molecular complexity index is 1280. The maximum absolute atomic E-state index is 13.4. The molecule has 240 valence electrons. The highest BCUT2D eigenvalue weighted by atomic mass is 32.1. The highest BCUT2D eigenvalue weighted by Gasteiger charge is 2.27. The summed E-state index contributed by atoms with van der Waals surface area (Å²) in [5, 5.41) is 14.8. The Morgan fingerprint density at radius 3 is 2.32 bits per heavy atom. The minimum Gasteiger partial charge on any atom is -0.444 e. The summed E-state index contributed by atoms with van der Waals surface area (Å²) >= 11 is 3.01. The van der Waals surface area contributed by atoms with Crippen LogP contribution < -0.4 is 21.3 Å². The number of alkyl carbamates (subject to hydrolysis) is 1. The molecule has 0 radical (unpaired) electrons. The van der Waals surface area contributed by atoms with Gasteiger partial charge < -0.3 is 26.0 Å². The van der Waals surface area contributed by atoms with Gasteiger partial charge in [-0.3, -0.25) is 9.78 Å². The highest BCUT2D eigenvalue weighted by Crippen LogP contribution is 2.19. The summed E-state index contributed by atoms with van der Waals surface area (Å²) in [6.07, 6.45) is 4.79. The first-order chi connectivity index (χ1) is 21.1.